The molecule has 1 aromatic rings. The Morgan fingerprint density at radius 2 is 2.15 bits per heavy atom. The van der Waals surface area contributed by atoms with Crippen LogP contribution in [-0.4, -0.2) is 11.1 Å². The first-order chi connectivity index (χ1) is 6.24. The lowest BCUT2D eigenvalue weighted by Crippen LogP contribution is -1.88. The minimum atomic E-state index is -0.927. The Bertz CT molecular complexity index is 331. The predicted molar refractivity (Wildman–Crippen MR) is 55.7 cm³/mol. The van der Waals surface area contributed by atoms with E-state index >= 15 is 0 Å². The first-order valence-corrected chi connectivity index (χ1v) is 4.91. The lowest BCUT2D eigenvalue weighted by atomic mass is 10.1. The summed E-state index contributed by atoms with van der Waals surface area (Å²) in [5.74, 6) is -0.927. The number of carboxylic acid groups (broad SMARTS) is 1. The molecule has 0 amide bonds. The van der Waals surface area contributed by atoms with Crippen molar-refractivity contribution in [2.75, 3.05) is 0 Å². The van der Waals surface area contributed by atoms with Gasteiger partial charge in [0, 0.05) is 11.4 Å². The highest BCUT2D eigenvalue weighted by Crippen LogP contribution is 2.13. The lowest BCUT2D eigenvalue weighted by molar-refractivity contribution is -0.131. The molecule has 0 saturated carbocycles. The van der Waals surface area contributed by atoms with Crippen molar-refractivity contribution in [1.82, 2.24) is 0 Å². The fraction of sp³-hybridized carbons (Fsp3) is 0.100. The van der Waals surface area contributed by atoms with Crippen molar-refractivity contribution in [2.45, 2.75) is 5.33 Å². The van der Waals surface area contributed by atoms with E-state index < -0.39 is 5.97 Å². The monoisotopic (exact) mass is 240 g/mol. The molecule has 68 valence electrons. The van der Waals surface area contributed by atoms with Crippen molar-refractivity contribution in [3.05, 3.63) is 41.5 Å². The summed E-state index contributed by atoms with van der Waals surface area (Å²) < 4.78 is 0. The van der Waals surface area contributed by atoms with Crippen LogP contribution in [0.5, 0.6) is 0 Å². The van der Waals surface area contributed by atoms with E-state index in [1.807, 2.05) is 24.3 Å². The number of hydrogen-bond donors (Lipinski definition) is 1. The number of carboxylic acids is 1. The number of carbonyl (C=O) groups is 1. The molecule has 0 aliphatic heterocycles. The number of halogens is 1. The summed E-state index contributed by atoms with van der Waals surface area (Å²) in [5, 5.41) is 9.17. The van der Waals surface area contributed by atoms with Crippen LogP contribution in [0, 0.1) is 0 Å². The minimum absolute atomic E-state index is 0.729. The SMILES string of the molecule is O=C(O)/C=C\c1ccccc1CBr. The van der Waals surface area contributed by atoms with Gasteiger partial charge in [0.25, 0.3) is 0 Å². The average Bonchev–Trinajstić information content (AvgIpc) is 2.15. The van der Waals surface area contributed by atoms with Gasteiger partial charge in [-0.05, 0) is 17.2 Å². The Balaban J connectivity index is 2.93. The van der Waals surface area contributed by atoms with E-state index in [2.05, 4.69) is 15.9 Å². The van der Waals surface area contributed by atoms with E-state index in [0.29, 0.717) is 0 Å². The highest BCUT2D eigenvalue weighted by molar-refractivity contribution is 9.08. The van der Waals surface area contributed by atoms with E-state index in [1.165, 1.54) is 0 Å². The molecule has 0 unspecified atom stereocenters. The van der Waals surface area contributed by atoms with Gasteiger partial charge in [-0.2, -0.15) is 0 Å². The molecule has 0 fully saturated rings. The van der Waals surface area contributed by atoms with Crippen molar-refractivity contribution in [3.8, 4) is 0 Å². The molecule has 0 aliphatic carbocycles. The number of alkyl halides is 1. The fourth-order valence-electron chi connectivity index (χ4n) is 0.980. The molecule has 1 rings (SSSR count). The molecule has 3 heteroatoms. The Labute approximate surface area is 85.0 Å². The maximum Gasteiger partial charge on any atom is 0.328 e. The van der Waals surface area contributed by atoms with E-state index in [9.17, 15) is 4.79 Å². The van der Waals surface area contributed by atoms with Crippen LogP contribution in [0.2, 0.25) is 0 Å². The molecule has 0 saturated heterocycles. The number of hydrogen-bond acceptors (Lipinski definition) is 1. The number of rotatable bonds is 3. The van der Waals surface area contributed by atoms with Crippen LogP contribution < -0.4 is 0 Å². The molecule has 0 bridgehead atoms. The van der Waals surface area contributed by atoms with Gasteiger partial charge in [0.15, 0.2) is 0 Å². The van der Waals surface area contributed by atoms with Crippen molar-refractivity contribution < 1.29 is 9.90 Å². The fourth-order valence-corrected chi connectivity index (χ4v) is 1.49. The van der Waals surface area contributed by atoms with Crippen LogP contribution in [0.1, 0.15) is 11.1 Å². The topological polar surface area (TPSA) is 37.3 Å². The smallest absolute Gasteiger partial charge is 0.328 e. The van der Waals surface area contributed by atoms with Crippen molar-refractivity contribution >= 4 is 28.0 Å². The largest absolute Gasteiger partial charge is 0.478 e. The molecule has 0 radical (unpaired) electrons. The Morgan fingerprint density at radius 1 is 1.46 bits per heavy atom. The van der Waals surface area contributed by atoms with E-state index in [-0.39, 0.29) is 0 Å². The first kappa shape index (κ1) is 9.99. The van der Waals surface area contributed by atoms with Gasteiger partial charge in [-0.25, -0.2) is 4.79 Å². The van der Waals surface area contributed by atoms with Crippen LogP contribution in [-0.2, 0) is 10.1 Å². The third-order valence-electron chi connectivity index (χ3n) is 1.60. The van der Waals surface area contributed by atoms with Crippen molar-refractivity contribution in [2.24, 2.45) is 0 Å². The first-order valence-electron chi connectivity index (χ1n) is 3.79. The third-order valence-corrected chi connectivity index (χ3v) is 2.21. The van der Waals surface area contributed by atoms with Crippen molar-refractivity contribution in [3.63, 3.8) is 0 Å². The minimum Gasteiger partial charge on any atom is -0.478 e. The molecule has 0 heterocycles. The zero-order valence-corrected chi connectivity index (χ0v) is 8.49. The third kappa shape index (κ3) is 3.03. The van der Waals surface area contributed by atoms with Gasteiger partial charge in [-0.3, -0.25) is 0 Å². The van der Waals surface area contributed by atoms with Gasteiger partial charge < -0.3 is 5.11 Å². The quantitative estimate of drug-likeness (QED) is 0.652. The van der Waals surface area contributed by atoms with Gasteiger partial charge in [-0.1, -0.05) is 40.2 Å². The molecule has 0 aliphatic rings. The molecule has 0 spiro atoms. The van der Waals surface area contributed by atoms with Crippen LogP contribution in [0.15, 0.2) is 30.3 Å². The van der Waals surface area contributed by atoms with Gasteiger partial charge in [0.2, 0.25) is 0 Å². The second-order valence-corrected chi connectivity index (χ2v) is 3.06. The van der Waals surface area contributed by atoms with E-state index in [1.54, 1.807) is 6.08 Å². The molecule has 1 N–H and O–H groups in total. The van der Waals surface area contributed by atoms with Gasteiger partial charge >= 0.3 is 5.97 Å². The molecular weight excluding hydrogens is 232 g/mol. The zero-order chi connectivity index (χ0) is 9.68. The summed E-state index contributed by atoms with van der Waals surface area (Å²) in [4.78, 5) is 10.3. The molecule has 0 atom stereocenters. The van der Waals surface area contributed by atoms with E-state index in [4.69, 9.17) is 5.11 Å². The summed E-state index contributed by atoms with van der Waals surface area (Å²) >= 11 is 3.33. The van der Waals surface area contributed by atoms with Gasteiger partial charge in [-0.15, -0.1) is 0 Å². The van der Waals surface area contributed by atoms with E-state index in [0.717, 1.165) is 22.5 Å². The summed E-state index contributed by atoms with van der Waals surface area (Å²) in [6.45, 7) is 0. The predicted octanol–water partition coefficient (Wildman–Crippen LogP) is 2.68. The Hall–Kier alpha value is -1.09. The van der Waals surface area contributed by atoms with Crippen LogP contribution in [0.25, 0.3) is 6.08 Å². The number of aliphatic carboxylic acids is 1. The second kappa shape index (κ2) is 4.82. The van der Waals surface area contributed by atoms with Gasteiger partial charge in [0.05, 0.1) is 0 Å². The summed E-state index contributed by atoms with van der Waals surface area (Å²) in [7, 11) is 0. The lowest BCUT2D eigenvalue weighted by Gasteiger charge is -1.99. The summed E-state index contributed by atoms with van der Waals surface area (Å²) in [5.41, 5.74) is 2.02. The van der Waals surface area contributed by atoms with Crippen LogP contribution in [0.4, 0.5) is 0 Å². The standard InChI is InChI=1S/C10H9BrO2/c11-7-9-4-2-1-3-8(9)5-6-10(12)13/h1-6H,7H2,(H,12,13)/b6-5-. The van der Waals surface area contributed by atoms with Gasteiger partial charge in [0.1, 0.15) is 0 Å². The molecule has 13 heavy (non-hydrogen) atoms. The average molecular weight is 241 g/mol. The molecular formula is C10H9BrO2. The molecule has 2 nitrogen and oxygen atoms in total. The van der Waals surface area contributed by atoms with Crippen LogP contribution in [0.3, 0.4) is 0 Å². The summed E-state index contributed by atoms with van der Waals surface area (Å²) in [6.07, 6.45) is 2.74. The molecule has 0 aromatic heterocycles. The highest BCUT2D eigenvalue weighted by atomic mass is 79.9. The highest BCUT2D eigenvalue weighted by Gasteiger charge is 1.96. The second-order valence-electron chi connectivity index (χ2n) is 2.50. The zero-order valence-electron chi connectivity index (χ0n) is 6.90. The Kier molecular flexibility index (Phi) is 3.71. The summed E-state index contributed by atoms with van der Waals surface area (Å²) in [6, 6.07) is 7.65. The Morgan fingerprint density at radius 3 is 2.77 bits per heavy atom. The van der Waals surface area contributed by atoms with Crippen LogP contribution >= 0.6 is 15.9 Å². The normalized spacial score (nSPS) is 10.5. The number of benzene rings is 1. The van der Waals surface area contributed by atoms with Crippen molar-refractivity contribution in [1.29, 1.82) is 0 Å². The maximum atomic E-state index is 10.3. The maximum absolute atomic E-state index is 10.3. The molecule has 1 aromatic carbocycles.